The standard InChI is InChI=1S/C21H24ClN5O5S/c1-3-10-32-11-9-23-33(30,31)17-7-8-19(28)18(13-17)24-25-20-14(2)26-27(21(20)29)16-6-4-5-15(22)12-16/h4-8,12-13,23,26,28H,3,9-11H2,1-2H3. The number of phenolic OH excluding ortho intramolecular Hbond substituents is 1. The Hall–Kier alpha value is -2.99. The minimum Gasteiger partial charge on any atom is -0.506 e. The van der Waals surface area contributed by atoms with E-state index in [-0.39, 0.29) is 35.2 Å². The molecule has 0 saturated carbocycles. The number of phenols is 1. The molecule has 10 nitrogen and oxygen atoms in total. The van der Waals surface area contributed by atoms with Gasteiger partial charge in [-0.2, -0.15) is 0 Å². The maximum atomic E-state index is 12.8. The van der Waals surface area contributed by atoms with Gasteiger partial charge in [-0.1, -0.05) is 24.6 Å². The number of rotatable bonds is 10. The van der Waals surface area contributed by atoms with E-state index in [0.29, 0.717) is 23.0 Å². The number of ether oxygens (including phenoxy) is 1. The third-order valence-electron chi connectivity index (χ3n) is 4.51. The molecule has 1 aromatic heterocycles. The van der Waals surface area contributed by atoms with Crippen molar-refractivity contribution >= 4 is 33.0 Å². The van der Waals surface area contributed by atoms with Crippen molar-refractivity contribution in [2.24, 2.45) is 10.2 Å². The van der Waals surface area contributed by atoms with Crippen LogP contribution in [-0.2, 0) is 14.8 Å². The number of halogens is 1. The van der Waals surface area contributed by atoms with E-state index in [1.165, 1.54) is 22.9 Å². The first-order valence-corrected chi connectivity index (χ1v) is 12.0. The van der Waals surface area contributed by atoms with Crippen LogP contribution in [0, 0.1) is 6.92 Å². The zero-order valence-corrected chi connectivity index (χ0v) is 19.7. The Morgan fingerprint density at radius 3 is 2.70 bits per heavy atom. The second-order valence-electron chi connectivity index (χ2n) is 7.07. The summed E-state index contributed by atoms with van der Waals surface area (Å²) in [6.45, 7) is 4.48. The zero-order valence-electron chi connectivity index (χ0n) is 18.1. The number of aryl methyl sites for hydroxylation is 1. The molecule has 0 radical (unpaired) electrons. The van der Waals surface area contributed by atoms with Crippen LogP contribution in [0.4, 0.5) is 11.4 Å². The lowest BCUT2D eigenvalue weighted by Crippen LogP contribution is -2.27. The number of hydrogen-bond donors (Lipinski definition) is 3. The molecule has 0 bridgehead atoms. The van der Waals surface area contributed by atoms with Crippen LogP contribution < -0.4 is 10.3 Å². The number of nitrogens with zero attached hydrogens (tertiary/aromatic N) is 3. The lowest BCUT2D eigenvalue weighted by molar-refractivity contribution is 0.140. The van der Waals surface area contributed by atoms with E-state index in [2.05, 4.69) is 20.0 Å². The zero-order chi connectivity index (χ0) is 24.0. The molecule has 0 fully saturated rings. The van der Waals surface area contributed by atoms with Crippen molar-refractivity contribution in [2.75, 3.05) is 19.8 Å². The molecule has 0 spiro atoms. The quantitative estimate of drug-likeness (QED) is 0.290. The molecule has 0 aliphatic rings. The van der Waals surface area contributed by atoms with Crippen LogP contribution in [-0.4, -0.2) is 43.1 Å². The Kier molecular flexibility index (Phi) is 8.03. The molecular weight excluding hydrogens is 470 g/mol. The van der Waals surface area contributed by atoms with E-state index in [1.54, 1.807) is 31.2 Å². The van der Waals surface area contributed by atoms with Gasteiger partial charge in [-0.25, -0.2) is 17.8 Å². The van der Waals surface area contributed by atoms with Gasteiger partial charge in [0, 0.05) is 18.2 Å². The highest BCUT2D eigenvalue weighted by Gasteiger charge is 2.17. The molecule has 2 aromatic carbocycles. The Bertz CT molecular complexity index is 1320. The average Bonchev–Trinajstić information content (AvgIpc) is 3.06. The minimum absolute atomic E-state index is 0.00818. The van der Waals surface area contributed by atoms with Crippen molar-refractivity contribution < 1.29 is 18.3 Å². The molecule has 33 heavy (non-hydrogen) atoms. The van der Waals surface area contributed by atoms with Gasteiger partial charge in [0.2, 0.25) is 10.0 Å². The van der Waals surface area contributed by atoms with E-state index >= 15 is 0 Å². The van der Waals surface area contributed by atoms with Crippen LogP contribution in [0.15, 0.2) is 62.4 Å². The Labute approximate surface area is 195 Å². The summed E-state index contributed by atoms with van der Waals surface area (Å²) in [6.07, 6.45) is 0.837. The molecule has 3 N–H and O–H groups in total. The lowest BCUT2D eigenvalue weighted by atomic mass is 10.3. The number of aromatic nitrogens is 2. The molecule has 12 heteroatoms. The number of aromatic hydroxyl groups is 1. The van der Waals surface area contributed by atoms with Gasteiger partial charge in [0.15, 0.2) is 5.69 Å². The van der Waals surface area contributed by atoms with Gasteiger partial charge in [0.05, 0.1) is 22.9 Å². The Morgan fingerprint density at radius 1 is 1.18 bits per heavy atom. The average molecular weight is 494 g/mol. The summed E-state index contributed by atoms with van der Waals surface area (Å²) >= 11 is 6.00. The van der Waals surface area contributed by atoms with Crippen molar-refractivity contribution in [3.05, 3.63) is 63.5 Å². The van der Waals surface area contributed by atoms with Crippen molar-refractivity contribution in [3.63, 3.8) is 0 Å². The van der Waals surface area contributed by atoms with Crippen molar-refractivity contribution in [1.82, 2.24) is 14.5 Å². The molecule has 1 heterocycles. The Morgan fingerprint density at radius 2 is 1.97 bits per heavy atom. The van der Waals surface area contributed by atoms with Crippen LogP contribution in [0.2, 0.25) is 5.02 Å². The highest BCUT2D eigenvalue weighted by molar-refractivity contribution is 7.89. The fourth-order valence-electron chi connectivity index (χ4n) is 2.88. The van der Waals surface area contributed by atoms with Gasteiger partial charge in [0.1, 0.15) is 11.4 Å². The van der Waals surface area contributed by atoms with Crippen LogP contribution >= 0.6 is 11.6 Å². The first kappa shape index (κ1) is 24.6. The molecule has 0 aliphatic carbocycles. The number of nitrogens with one attached hydrogen (secondary N) is 2. The predicted molar refractivity (Wildman–Crippen MR) is 125 cm³/mol. The van der Waals surface area contributed by atoms with Gasteiger partial charge in [-0.05, 0) is 49.7 Å². The maximum absolute atomic E-state index is 12.8. The van der Waals surface area contributed by atoms with Crippen molar-refractivity contribution in [3.8, 4) is 11.4 Å². The molecule has 0 aliphatic heterocycles. The van der Waals surface area contributed by atoms with E-state index in [1.807, 2.05) is 6.92 Å². The smallest absolute Gasteiger partial charge is 0.299 e. The third-order valence-corrected chi connectivity index (χ3v) is 6.20. The van der Waals surface area contributed by atoms with E-state index in [4.69, 9.17) is 16.3 Å². The highest BCUT2D eigenvalue weighted by Crippen LogP contribution is 2.30. The maximum Gasteiger partial charge on any atom is 0.299 e. The first-order chi connectivity index (χ1) is 15.7. The monoisotopic (exact) mass is 493 g/mol. The molecule has 3 rings (SSSR count). The van der Waals surface area contributed by atoms with Gasteiger partial charge < -0.3 is 9.84 Å². The fourth-order valence-corrected chi connectivity index (χ4v) is 4.10. The topological polar surface area (TPSA) is 138 Å². The summed E-state index contributed by atoms with van der Waals surface area (Å²) in [6, 6.07) is 10.3. The number of H-pyrrole nitrogens is 1. The summed E-state index contributed by atoms with van der Waals surface area (Å²) in [5, 5.41) is 21.3. The number of benzene rings is 2. The van der Waals surface area contributed by atoms with Crippen LogP contribution in [0.5, 0.6) is 5.75 Å². The molecule has 0 amide bonds. The van der Waals surface area contributed by atoms with Crippen molar-refractivity contribution in [2.45, 2.75) is 25.2 Å². The van der Waals surface area contributed by atoms with Gasteiger partial charge in [-0.3, -0.25) is 9.89 Å². The summed E-state index contributed by atoms with van der Waals surface area (Å²) < 4.78 is 34.0. The minimum atomic E-state index is -3.85. The molecule has 176 valence electrons. The summed E-state index contributed by atoms with van der Waals surface area (Å²) in [5.41, 5.74) is 0.376. The third kappa shape index (κ3) is 6.08. The van der Waals surface area contributed by atoms with E-state index < -0.39 is 15.6 Å². The van der Waals surface area contributed by atoms with E-state index in [0.717, 1.165) is 6.42 Å². The van der Waals surface area contributed by atoms with E-state index in [9.17, 15) is 18.3 Å². The van der Waals surface area contributed by atoms with Crippen LogP contribution in [0.1, 0.15) is 19.0 Å². The Balaban J connectivity index is 1.84. The molecule has 3 aromatic rings. The van der Waals surface area contributed by atoms with Crippen LogP contribution in [0.3, 0.4) is 0 Å². The molecular formula is C21H24ClN5O5S. The SMILES string of the molecule is CCCOCCNS(=O)(=O)c1ccc(O)c(N=Nc2c(C)[nH]n(-c3cccc(Cl)c3)c2=O)c1. The predicted octanol–water partition coefficient (Wildman–Crippen LogP) is 3.95. The first-order valence-electron chi connectivity index (χ1n) is 10.1. The largest absolute Gasteiger partial charge is 0.506 e. The van der Waals surface area contributed by atoms with Crippen molar-refractivity contribution in [1.29, 1.82) is 0 Å². The number of sulfonamides is 1. The molecule has 0 atom stereocenters. The van der Waals surface area contributed by atoms with Gasteiger partial charge in [-0.15, -0.1) is 10.2 Å². The summed E-state index contributed by atoms with van der Waals surface area (Å²) in [4.78, 5) is 12.7. The molecule has 0 unspecified atom stereocenters. The lowest BCUT2D eigenvalue weighted by Gasteiger charge is -2.08. The summed E-state index contributed by atoms with van der Waals surface area (Å²) in [5.74, 6) is -0.285. The number of aromatic amines is 1. The van der Waals surface area contributed by atoms with Crippen LogP contribution in [0.25, 0.3) is 5.69 Å². The second-order valence-corrected chi connectivity index (χ2v) is 9.27. The molecule has 0 saturated heterocycles. The number of azo groups is 1. The van der Waals surface area contributed by atoms with Gasteiger partial charge in [0.25, 0.3) is 5.56 Å². The van der Waals surface area contributed by atoms with Gasteiger partial charge >= 0.3 is 0 Å². The summed E-state index contributed by atoms with van der Waals surface area (Å²) in [7, 11) is -3.85. The highest BCUT2D eigenvalue weighted by atomic mass is 35.5. The second kappa shape index (κ2) is 10.8. The normalized spacial score (nSPS) is 12.0. The number of hydrogen-bond acceptors (Lipinski definition) is 7. The fraction of sp³-hybridized carbons (Fsp3) is 0.286.